The number of nitro groups is 1. The second-order valence-electron chi connectivity index (χ2n) is 3.18. The Kier molecular flexibility index (Phi) is 4.30. The summed E-state index contributed by atoms with van der Waals surface area (Å²) in [5.74, 6) is -1.66. The van der Waals surface area contributed by atoms with Gasteiger partial charge in [0.2, 0.25) is 0 Å². The Hall–Kier alpha value is -1.80. The molecule has 0 heterocycles. The molecule has 0 fully saturated rings. The van der Waals surface area contributed by atoms with Gasteiger partial charge in [-0.2, -0.15) is 0 Å². The Balaban J connectivity index is 2.97. The minimum absolute atomic E-state index is 0.0193. The van der Waals surface area contributed by atoms with E-state index in [1.54, 1.807) is 0 Å². The fraction of sp³-hybridized carbons (Fsp3) is 0.222. The molecule has 0 aliphatic rings. The van der Waals surface area contributed by atoms with Gasteiger partial charge >= 0.3 is 5.97 Å². The van der Waals surface area contributed by atoms with Gasteiger partial charge < -0.3 is 10.8 Å². The van der Waals surface area contributed by atoms with Crippen LogP contribution in [0.1, 0.15) is 0 Å². The predicted octanol–water partition coefficient (Wildman–Crippen LogP) is 0.114. The van der Waals surface area contributed by atoms with Gasteiger partial charge in [0, 0.05) is 6.07 Å². The van der Waals surface area contributed by atoms with E-state index in [1.165, 1.54) is 24.3 Å². The molecule has 1 rings (SSSR count). The lowest BCUT2D eigenvalue weighted by Gasteiger charge is -2.06. The highest BCUT2D eigenvalue weighted by atomic mass is 32.2. The highest BCUT2D eigenvalue weighted by Crippen LogP contribution is 2.21. The van der Waals surface area contributed by atoms with E-state index in [-0.39, 0.29) is 16.3 Å². The number of para-hydroxylation sites is 1. The summed E-state index contributed by atoms with van der Waals surface area (Å²) in [6, 6.07) is 4.15. The molecular weight excluding hydrogens is 248 g/mol. The van der Waals surface area contributed by atoms with Gasteiger partial charge in [-0.25, -0.2) is 0 Å². The molecule has 0 saturated heterocycles. The van der Waals surface area contributed by atoms with Crippen LogP contribution in [0.15, 0.2) is 29.2 Å². The van der Waals surface area contributed by atoms with Gasteiger partial charge in [0.05, 0.1) is 21.5 Å². The van der Waals surface area contributed by atoms with Crippen molar-refractivity contribution in [2.24, 2.45) is 5.73 Å². The van der Waals surface area contributed by atoms with Gasteiger partial charge in [0.15, 0.2) is 0 Å². The zero-order valence-electron chi connectivity index (χ0n) is 8.61. The van der Waals surface area contributed by atoms with E-state index < -0.39 is 27.7 Å². The van der Waals surface area contributed by atoms with Crippen LogP contribution in [0, 0.1) is 10.1 Å². The number of nitrogens with zero attached hydrogens (tertiary/aromatic N) is 1. The van der Waals surface area contributed by atoms with Crippen LogP contribution in [0.2, 0.25) is 0 Å². The van der Waals surface area contributed by atoms with Gasteiger partial charge in [0.1, 0.15) is 10.9 Å². The van der Waals surface area contributed by atoms with E-state index >= 15 is 0 Å². The first-order chi connectivity index (χ1) is 7.93. The standard InChI is InChI=1S/C9H10N2O5S/c10-6(9(12)13)5-17(16)8-4-2-1-3-7(8)11(14)15/h1-4,6H,5,10H2,(H,12,13). The topological polar surface area (TPSA) is 124 Å². The summed E-state index contributed by atoms with van der Waals surface area (Å²) in [7, 11) is -1.81. The number of nitro benzene ring substituents is 1. The molecule has 2 atom stereocenters. The van der Waals surface area contributed by atoms with Crippen molar-refractivity contribution in [3.05, 3.63) is 34.4 Å². The molecule has 8 heteroatoms. The van der Waals surface area contributed by atoms with Gasteiger partial charge in [-0.3, -0.25) is 19.1 Å². The van der Waals surface area contributed by atoms with Crippen LogP contribution in [0.4, 0.5) is 5.69 Å². The molecule has 92 valence electrons. The third-order valence-corrected chi connectivity index (χ3v) is 3.45. The molecule has 3 N–H and O–H groups in total. The lowest BCUT2D eigenvalue weighted by atomic mass is 10.3. The Labute approximate surface area is 98.8 Å². The molecule has 2 unspecified atom stereocenters. The maximum atomic E-state index is 11.7. The number of rotatable bonds is 5. The zero-order chi connectivity index (χ0) is 13.0. The van der Waals surface area contributed by atoms with E-state index in [0.29, 0.717) is 0 Å². The van der Waals surface area contributed by atoms with Crippen LogP contribution in [-0.4, -0.2) is 32.0 Å². The molecule has 17 heavy (non-hydrogen) atoms. The number of hydrogen-bond acceptors (Lipinski definition) is 5. The zero-order valence-corrected chi connectivity index (χ0v) is 9.42. The maximum Gasteiger partial charge on any atom is 0.321 e. The quantitative estimate of drug-likeness (QED) is 0.570. The summed E-state index contributed by atoms with van der Waals surface area (Å²) in [5.41, 5.74) is 4.92. The maximum absolute atomic E-state index is 11.7. The first kappa shape index (κ1) is 13.3. The average Bonchev–Trinajstić information content (AvgIpc) is 2.28. The summed E-state index contributed by atoms with van der Waals surface area (Å²) in [6.45, 7) is 0. The minimum atomic E-state index is -1.81. The van der Waals surface area contributed by atoms with Crippen molar-refractivity contribution in [2.75, 3.05) is 5.75 Å². The SMILES string of the molecule is NC(CS(=O)c1ccccc1[N+](=O)[O-])C(=O)O. The van der Waals surface area contributed by atoms with Crippen molar-refractivity contribution in [3.8, 4) is 0 Å². The summed E-state index contributed by atoms with van der Waals surface area (Å²) in [4.78, 5) is 20.5. The third-order valence-electron chi connectivity index (χ3n) is 1.96. The lowest BCUT2D eigenvalue weighted by molar-refractivity contribution is -0.387. The molecule has 0 saturated carbocycles. The first-order valence-electron chi connectivity index (χ1n) is 4.53. The molecule has 7 nitrogen and oxygen atoms in total. The number of aliphatic carboxylic acids is 1. The van der Waals surface area contributed by atoms with Gasteiger partial charge in [-0.05, 0) is 6.07 Å². The van der Waals surface area contributed by atoms with Crippen molar-refractivity contribution >= 4 is 22.5 Å². The molecule has 0 amide bonds. The van der Waals surface area contributed by atoms with E-state index in [9.17, 15) is 19.1 Å². The van der Waals surface area contributed by atoms with Crippen molar-refractivity contribution in [2.45, 2.75) is 10.9 Å². The van der Waals surface area contributed by atoms with E-state index in [1.807, 2.05) is 0 Å². The van der Waals surface area contributed by atoms with Crippen molar-refractivity contribution < 1.29 is 19.0 Å². The van der Waals surface area contributed by atoms with E-state index in [2.05, 4.69) is 0 Å². The smallest absolute Gasteiger partial charge is 0.321 e. The van der Waals surface area contributed by atoms with Crippen LogP contribution in [-0.2, 0) is 15.6 Å². The normalized spacial score (nSPS) is 13.9. The van der Waals surface area contributed by atoms with Gasteiger partial charge in [-0.15, -0.1) is 0 Å². The number of nitrogens with two attached hydrogens (primary N) is 1. The third kappa shape index (κ3) is 3.33. The fourth-order valence-corrected chi connectivity index (χ4v) is 2.38. The second-order valence-corrected chi connectivity index (χ2v) is 4.65. The van der Waals surface area contributed by atoms with Gasteiger partial charge in [-0.1, -0.05) is 12.1 Å². The van der Waals surface area contributed by atoms with E-state index in [4.69, 9.17) is 10.8 Å². The number of benzene rings is 1. The molecule has 0 radical (unpaired) electrons. The van der Waals surface area contributed by atoms with Crippen molar-refractivity contribution in [1.29, 1.82) is 0 Å². The van der Waals surface area contributed by atoms with Crippen LogP contribution >= 0.6 is 0 Å². The number of hydrogen-bond donors (Lipinski definition) is 2. The fourth-order valence-electron chi connectivity index (χ4n) is 1.12. The largest absolute Gasteiger partial charge is 0.480 e. The molecule has 1 aromatic rings. The summed E-state index contributed by atoms with van der Waals surface area (Å²) >= 11 is 0. The highest BCUT2D eigenvalue weighted by Gasteiger charge is 2.22. The summed E-state index contributed by atoms with van der Waals surface area (Å²) in [6.07, 6.45) is 0. The molecule has 0 aliphatic heterocycles. The Bertz CT molecular complexity index is 476. The molecule has 0 aromatic heterocycles. The molecular formula is C9H10N2O5S. The second kappa shape index (κ2) is 5.51. The predicted molar refractivity (Wildman–Crippen MR) is 60.0 cm³/mol. The number of carboxylic acid groups (broad SMARTS) is 1. The number of carbonyl (C=O) groups is 1. The van der Waals surface area contributed by atoms with Gasteiger partial charge in [0.25, 0.3) is 5.69 Å². The first-order valence-corrected chi connectivity index (χ1v) is 5.85. The Morgan fingerprint density at radius 2 is 2.12 bits per heavy atom. The van der Waals surface area contributed by atoms with Crippen LogP contribution in [0.25, 0.3) is 0 Å². The van der Waals surface area contributed by atoms with E-state index in [0.717, 1.165) is 0 Å². The Morgan fingerprint density at radius 1 is 1.53 bits per heavy atom. The molecule has 0 aliphatic carbocycles. The van der Waals surface area contributed by atoms with Crippen LogP contribution in [0.3, 0.4) is 0 Å². The van der Waals surface area contributed by atoms with Crippen molar-refractivity contribution in [1.82, 2.24) is 0 Å². The molecule has 0 spiro atoms. The lowest BCUT2D eigenvalue weighted by Crippen LogP contribution is -2.35. The summed E-state index contributed by atoms with van der Waals surface area (Å²) < 4.78 is 11.7. The number of carboxylic acids is 1. The van der Waals surface area contributed by atoms with Crippen LogP contribution < -0.4 is 5.73 Å². The summed E-state index contributed by atoms with van der Waals surface area (Å²) in [5, 5.41) is 19.2. The Morgan fingerprint density at radius 3 is 2.65 bits per heavy atom. The van der Waals surface area contributed by atoms with Crippen molar-refractivity contribution in [3.63, 3.8) is 0 Å². The average molecular weight is 258 g/mol. The molecule has 1 aromatic carbocycles. The highest BCUT2D eigenvalue weighted by molar-refractivity contribution is 7.85. The molecule has 0 bridgehead atoms. The minimum Gasteiger partial charge on any atom is -0.480 e. The van der Waals surface area contributed by atoms with Crippen LogP contribution in [0.5, 0.6) is 0 Å². The monoisotopic (exact) mass is 258 g/mol.